The molecule has 0 bridgehead atoms. The first kappa shape index (κ1) is 15.4. The molecule has 23 heavy (non-hydrogen) atoms. The van der Waals surface area contributed by atoms with Crippen LogP contribution in [0.3, 0.4) is 0 Å². The van der Waals surface area contributed by atoms with Crippen LogP contribution in [0.15, 0.2) is 53.5 Å². The lowest BCUT2D eigenvalue weighted by atomic mass is 9.95. The van der Waals surface area contributed by atoms with E-state index in [1.165, 1.54) is 34.7 Å². The molecule has 1 atom stereocenters. The van der Waals surface area contributed by atoms with Gasteiger partial charge < -0.3 is 5.73 Å². The van der Waals surface area contributed by atoms with E-state index in [0.717, 1.165) is 6.20 Å². The fourth-order valence-electron chi connectivity index (χ4n) is 2.70. The normalized spacial score (nSPS) is 12.5. The number of nitrogens with zero attached hydrogens (tertiary/aromatic N) is 1. The van der Waals surface area contributed by atoms with Gasteiger partial charge in [-0.25, -0.2) is 8.78 Å². The summed E-state index contributed by atoms with van der Waals surface area (Å²) in [5.41, 5.74) is 7.66. The van der Waals surface area contributed by atoms with Crippen LogP contribution in [0.4, 0.5) is 8.78 Å². The Morgan fingerprint density at radius 1 is 1.13 bits per heavy atom. The number of halogens is 2. The van der Waals surface area contributed by atoms with Crippen LogP contribution < -0.4 is 11.3 Å². The molecule has 2 aromatic heterocycles. The van der Waals surface area contributed by atoms with Crippen molar-refractivity contribution in [3.05, 3.63) is 76.2 Å². The van der Waals surface area contributed by atoms with Crippen molar-refractivity contribution in [3.8, 4) is 11.1 Å². The van der Waals surface area contributed by atoms with Crippen molar-refractivity contribution in [2.75, 3.05) is 0 Å². The highest BCUT2D eigenvalue weighted by Gasteiger charge is 2.18. The molecule has 1 unspecified atom stereocenters. The van der Waals surface area contributed by atoms with Gasteiger partial charge in [0.15, 0.2) is 0 Å². The number of fused-ring (bicyclic) bond motifs is 1. The molecule has 3 rings (SSSR count). The third-order valence-electron chi connectivity index (χ3n) is 3.92. The molecule has 1 aromatic carbocycles. The Labute approximate surface area is 132 Å². The lowest BCUT2D eigenvalue weighted by Crippen LogP contribution is -2.22. The molecule has 3 nitrogen and oxygen atoms in total. The summed E-state index contributed by atoms with van der Waals surface area (Å²) in [6, 6.07) is 9.99. The highest BCUT2D eigenvalue weighted by atomic mass is 19.1. The van der Waals surface area contributed by atoms with Crippen LogP contribution in [-0.2, 0) is 0 Å². The highest BCUT2D eigenvalue weighted by Crippen LogP contribution is 2.27. The molecule has 0 fully saturated rings. The molecule has 0 aliphatic heterocycles. The minimum absolute atomic E-state index is 0.307. The van der Waals surface area contributed by atoms with Crippen molar-refractivity contribution in [1.29, 1.82) is 0 Å². The molecule has 0 radical (unpaired) electrons. The molecule has 0 amide bonds. The van der Waals surface area contributed by atoms with Gasteiger partial charge in [0.2, 0.25) is 0 Å². The van der Waals surface area contributed by atoms with Gasteiger partial charge in [0.25, 0.3) is 5.56 Å². The maximum absolute atomic E-state index is 13.6. The van der Waals surface area contributed by atoms with E-state index < -0.39 is 17.2 Å². The topological polar surface area (TPSA) is 47.5 Å². The molecule has 118 valence electrons. The molecule has 3 aromatic rings. The smallest absolute Gasteiger partial charge is 0.263 e. The molecule has 2 heterocycles. The summed E-state index contributed by atoms with van der Waals surface area (Å²) >= 11 is 0. The van der Waals surface area contributed by atoms with Crippen molar-refractivity contribution in [2.24, 2.45) is 5.73 Å². The van der Waals surface area contributed by atoms with E-state index in [1.807, 2.05) is 6.92 Å². The molecule has 0 saturated carbocycles. The van der Waals surface area contributed by atoms with E-state index >= 15 is 0 Å². The number of aromatic nitrogens is 1. The van der Waals surface area contributed by atoms with Gasteiger partial charge in [0.05, 0.1) is 5.56 Å². The quantitative estimate of drug-likeness (QED) is 0.802. The van der Waals surface area contributed by atoms with Gasteiger partial charge in [-0.15, -0.1) is 0 Å². The van der Waals surface area contributed by atoms with E-state index in [0.29, 0.717) is 28.6 Å². The average Bonchev–Trinajstić information content (AvgIpc) is 2.54. The summed E-state index contributed by atoms with van der Waals surface area (Å²) in [4.78, 5) is 12.9. The van der Waals surface area contributed by atoms with Crippen LogP contribution in [0, 0.1) is 11.6 Å². The first-order valence-electron chi connectivity index (χ1n) is 7.37. The lowest BCUT2D eigenvalue weighted by molar-refractivity contribution is 0.617. The number of hydrogen-bond donors (Lipinski definition) is 1. The van der Waals surface area contributed by atoms with Gasteiger partial charge in [-0.3, -0.25) is 9.20 Å². The minimum Gasteiger partial charge on any atom is -0.324 e. The monoisotopic (exact) mass is 314 g/mol. The van der Waals surface area contributed by atoms with Gasteiger partial charge in [0, 0.05) is 17.8 Å². The first-order chi connectivity index (χ1) is 11.0. The summed E-state index contributed by atoms with van der Waals surface area (Å²) in [5, 5.41) is 0. The Morgan fingerprint density at radius 2 is 1.91 bits per heavy atom. The second-order valence-electron chi connectivity index (χ2n) is 5.45. The number of pyridine rings is 2. The van der Waals surface area contributed by atoms with Gasteiger partial charge in [0.1, 0.15) is 11.6 Å². The van der Waals surface area contributed by atoms with Crippen LogP contribution in [0.5, 0.6) is 0 Å². The summed E-state index contributed by atoms with van der Waals surface area (Å²) < 4.78 is 28.3. The number of rotatable bonds is 3. The Bertz CT molecular complexity index is 934. The third-order valence-corrected chi connectivity index (χ3v) is 3.92. The molecule has 0 aliphatic rings. The highest BCUT2D eigenvalue weighted by molar-refractivity contribution is 5.70. The van der Waals surface area contributed by atoms with Gasteiger partial charge in [-0.05, 0) is 47.9 Å². The van der Waals surface area contributed by atoms with E-state index in [1.54, 1.807) is 12.1 Å². The number of nitrogens with two attached hydrogens (primary N) is 1. The van der Waals surface area contributed by atoms with E-state index in [-0.39, 0.29) is 6.04 Å². The molecule has 0 aliphatic carbocycles. The fraction of sp³-hybridized carbons (Fsp3) is 0.167. The lowest BCUT2D eigenvalue weighted by Gasteiger charge is -2.16. The largest absolute Gasteiger partial charge is 0.324 e. The maximum Gasteiger partial charge on any atom is 0.263 e. The Kier molecular flexibility index (Phi) is 3.96. The molecular weight excluding hydrogens is 298 g/mol. The SMILES string of the molecule is CCC(N)c1cc2ccc(F)cn2c(=O)c1-c1cccc(F)c1. The Balaban J connectivity index is 2.41. The summed E-state index contributed by atoms with van der Waals surface area (Å²) in [6.07, 6.45) is 1.75. The van der Waals surface area contributed by atoms with Crippen LogP contribution in [0.1, 0.15) is 24.9 Å². The van der Waals surface area contributed by atoms with E-state index in [4.69, 9.17) is 5.73 Å². The van der Waals surface area contributed by atoms with Crippen molar-refractivity contribution in [3.63, 3.8) is 0 Å². The summed E-state index contributed by atoms with van der Waals surface area (Å²) in [5.74, 6) is -0.959. The number of benzene rings is 1. The summed E-state index contributed by atoms with van der Waals surface area (Å²) in [7, 11) is 0. The van der Waals surface area contributed by atoms with Crippen LogP contribution in [0.2, 0.25) is 0 Å². The zero-order valence-corrected chi connectivity index (χ0v) is 12.6. The zero-order valence-electron chi connectivity index (χ0n) is 12.6. The third kappa shape index (κ3) is 2.75. The minimum atomic E-state index is -0.516. The van der Waals surface area contributed by atoms with Crippen molar-refractivity contribution in [2.45, 2.75) is 19.4 Å². The zero-order chi connectivity index (χ0) is 16.6. The first-order valence-corrected chi connectivity index (χ1v) is 7.37. The van der Waals surface area contributed by atoms with Crippen molar-refractivity contribution < 1.29 is 8.78 Å². The second-order valence-corrected chi connectivity index (χ2v) is 5.45. The van der Waals surface area contributed by atoms with E-state index in [2.05, 4.69) is 0 Å². The summed E-state index contributed by atoms with van der Waals surface area (Å²) in [6.45, 7) is 1.91. The Hall–Kier alpha value is -2.53. The fourth-order valence-corrected chi connectivity index (χ4v) is 2.70. The molecule has 5 heteroatoms. The van der Waals surface area contributed by atoms with Crippen molar-refractivity contribution >= 4 is 5.52 Å². The maximum atomic E-state index is 13.6. The molecule has 2 N–H and O–H groups in total. The second kappa shape index (κ2) is 5.93. The van der Waals surface area contributed by atoms with Gasteiger partial charge >= 0.3 is 0 Å². The van der Waals surface area contributed by atoms with Crippen molar-refractivity contribution in [1.82, 2.24) is 4.40 Å². The predicted octanol–water partition coefficient (Wildman–Crippen LogP) is 3.65. The Morgan fingerprint density at radius 3 is 2.61 bits per heavy atom. The standard InChI is InChI=1S/C18H16F2N2O/c1-2-16(21)15-9-14-7-6-13(20)10-22(14)18(23)17(15)11-4-3-5-12(19)8-11/h3-10,16H,2,21H2,1H3. The molecule has 0 spiro atoms. The number of hydrogen-bond acceptors (Lipinski definition) is 2. The van der Waals surface area contributed by atoms with Crippen LogP contribution >= 0.6 is 0 Å². The average molecular weight is 314 g/mol. The van der Waals surface area contributed by atoms with E-state index in [9.17, 15) is 13.6 Å². The van der Waals surface area contributed by atoms with Gasteiger partial charge in [-0.2, -0.15) is 0 Å². The van der Waals surface area contributed by atoms with Crippen LogP contribution in [0.25, 0.3) is 16.6 Å². The van der Waals surface area contributed by atoms with Crippen LogP contribution in [-0.4, -0.2) is 4.40 Å². The van der Waals surface area contributed by atoms with Gasteiger partial charge in [-0.1, -0.05) is 19.1 Å². The molecule has 0 saturated heterocycles. The molecular formula is C18H16F2N2O. The predicted molar refractivity (Wildman–Crippen MR) is 86.2 cm³/mol.